The molecule has 1 rings (SSSR count). The molecule has 1 N–H and O–H groups in total. The van der Waals surface area contributed by atoms with Crippen LogP contribution >= 0.6 is 0 Å². The van der Waals surface area contributed by atoms with E-state index in [1.165, 1.54) is 0 Å². The summed E-state index contributed by atoms with van der Waals surface area (Å²) in [4.78, 5) is 0. The average molecular weight is 145 g/mol. The number of rotatable bonds is 5. The van der Waals surface area contributed by atoms with Crippen molar-refractivity contribution in [2.45, 2.75) is 0 Å². The zero-order valence-electron chi connectivity index (χ0n) is 6.43. The molecule has 3 nitrogen and oxygen atoms in total. The van der Waals surface area contributed by atoms with Gasteiger partial charge in [-0.25, -0.2) is 0 Å². The van der Waals surface area contributed by atoms with Crippen LogP contribution < -0.4 is 5.32 Å². The fourth-order valence-electron chi connectivity index (χ4n) is 0.859. The third-order valence-electron chi connectivity index (χ3n) is 1.65. The Morgan fingerprint density at radius 3 is 2.70 bits per heavy atom. The smallest absolute Gasteiger partial charge is 0.0700 e. The molecular formula is C7H15NO2. The fraction of sp³-hybridized carbons (Fsp3) is 1.00. The molecule has 1 heterocycles. The molecule has 0 saturated carbocycles. The van der Waals surface area contributed by atoms with Crippen molar-refractivity contribution in [1.82, 2.24) is 5.32 Å². The van der Waals surface area contributed by atoms with Crippen LogP contribution in [0, 0.1) is 5.92 Å². The quantitative estimate of drug-likeness (QED) is 0.547. The van der Waals surface area contributed by atoms with Gasteiger partial charge in [-0.1, -0.05) is 0 Å². The van der Waals surface area contributed by atoms with Crippen LogP contribution in [0.1, 0.15) is 0 Å². The summed E-state index contributed by atoms with van der Waals surface area (Å²) >= 11 is 0. The van der Waals surface area contributed by atoms with E-state index in [1.54, 1.807) is 7.11 Å². The summed E-state index contributed by atoms with van der Waals surface area (Å²) in [5, 5.41) is 3.19. The van der Waals surface area contributed by atoms with Gasteiger partial charge in [-0.2, -0.15) is 0 Å². The minimum absolute atomic E-state index is 0.708. The minimum Gasteiger partial charge on any atom is -0.382 e. The van der Waals surface area contributed by atoms with Crippen LogP contribution in [-0.2, 0) is 9.47 Å². The molecule has 1 saturated heterocycles. The lowest BCUT2D eigenvalue weighted by molar-refractivity contribution is 0.0406. The van der Waals surface area contributed by atoms with Crippen molar-refractivity contribution in [3.63, 3.8) is 0 Å². The van der Waals surface area contributed by atoms with Gasteiger partial charge in [-0.3, -0.25) is 0 Å². The molecule has 0 aliphatic carbocycles. The van der Waals surface area contributed by atoms with Gasteiger partial charge in [-0.15, -0.1) is 0 Å². The zero-order chi connectivity index (χ0) is 7.23. The molecule has 0 aromatic carbocycles. The molecule has 0 radical (unpaired) electrons. The van der Waals surface area contributed by atoms with Crippen molar-refractivity contribution in [3.05, 3.63) is 0 Å². The fourth-order valence-corrected chi connectivity index (χ4v) is 0.859. The molecule has 1 fully saturated rings. The van der Waals surface area contributed by atoms with Crippen molar-refractivity contribution >= 4 is 0 Å². The van der Waals surface area contributed by atoms with Crippen LogP contribution in [0.4, 0.5) is 0 Å². The Hall–Kier alpha value is -0.120. The van der Waals surface area contributed by atoms with E-state index < -0.39 is 0 Å². The first kappa shape index (κ1) is 7.98. The predicted octanol–water partition coefficient (Wildman–Crippen LogP) is -0.131. The maximum absolute atomic E-state index is 5.31. The number of hydrogen-bond acceptors (Lipinski definition) is 3. The van der Waals surface area contributed by atoms with Crippen molar-refractivity contribution < 1.29 is 9.47 Å². The highest BCUT2D eigenvalue weighted by Crippen LogP contribution is 2.01. The van der Waals surface area contributed by atoms with Crippen LogP contribution in [0.15, 0.2) is 0 Å². The summed E-state index contributed by atoms with van der Waals surface area (Å²) in [6.45, 7) is 4.56. The number of hydrogen-bond donors (Lipinski definition) is 1. The number of methoxy groups -OCH3 is 1. The lowest BCUT2D eigenvalue weighted by Gasteiger charge is -2.26. The Morgan fingerprint density at radius 2 is 2.20 bits per heavy atom. The van der Waals surface area contributed by atoms with Crippen molar-refractivity contribution in [3.8, 4) is 0 Å². The molecule has 0 bridgehead atoms. The summed E-state index contributed by atoms with van der Waals surface area (Å²) in [5.41, 5.74) is 0. The summed E-state index contributed by atoms with van der Waals surface area (Å²) in [6, 6.07) is 0. The summed E-state index contributed by atoms with van der Waals surface area (Å²) < 4.78 is 10.1. The molecule has 0 spiro atoms. The van der Waals surface area contributed by atoms with Gasteiger partial charge in [0.2, 0.25) is 0 Å². The van der Waals surface area contributed by atoms with E-state index in [0.29, 0.717) is 6.61 Å². The molecule has 3 heteroatoms. The summed E-state index contributed by atoms with van der Waals surface area (Å²) in [6.07, 6.45) is 0. The van der Waals surface area contributed by atoms with Gasteiger partial charge < -0.3 is 14.8 Å². The van der Waals surface area contributed by atoms with Gasteiger partial charge in [0.25, 0.3) is 0 Å². The molecule has 0 aromatic heterocycles. The largest absolute Gasteiger partial charge is 0.382 e. The van der Waals surface area contributed by atoms with Gasteiger partial charge in [0, 0.05) is 26.1 Å². The second-order valence-electron chi connectivity index (χ2n) is 2.59. The first-order valence-electron chi connectivity index (χ1n) is 3.71. The normalized spacial score (nSPS) is 18.9. The molecule has 1 aliphatic rings. The minimum atomic E-state index is 0.708. The third kappa shape index (κ3) is 2.64. The first-order valence-corrected chi connectivity index (χ1v) is 3.71. The molecule has 1 aliphatic heterocycles. The van der Waals surface area contributed by atoms with Gasteiger partial charge in [0.1, 0.15) is 0 Å². The predicted molar refractivity (Wildman–Crippen MR) is 39.1 cm³/mol. The SMILES string of the molecule is COCCOCC1CNC1. The van der Waals surface area contributed by atoms with E-state index >= 15 is 0 Å². The summed E-state index contributed by atoms with van der Waals surface area (Å²) in [7, 11) is 1.69. The van der Waals surface area contributed by atoms with E-state index in [-0.39, 0.29) is 0 Å². The van der Waals surface area contributed by atoms with E-state index in [9.17, 15) is 0 Å². The Morgan fingerprint density at radius 1 is 1.40 bits per heavy atom. The van der Waals surface area contributed by atoms with Gasteiger partial charge in [0.05, 0.1) is 19.8 Å². The van der Waals surface area contributed by atoms with Crippen LogP contribution in [0.3, 0.4) is 0 Å². The lowest BCUT2D eigenvalue weighted by Crippen LogP contribution is -2.44. The van der Waals surface area contributed by atoms with E-state index in [1.807, 2.05) is 0 Å². The van der Waals surface area contributed by atoms with Crippen LogP contribution in [0.25, 0.3) is 0 Å². The molecule has 60 valence electrons. The highest BCUT2D eigenvalue weighted by Gasteiger charge is 2.15. The summed E-state index contributed by atoms with van der Waals surface area (Å²) in [5.74, 6) is 0.747. The van der Waals surface area contributed by atoms with Gasteiger partial charge in [-0.05, 0) is 0 Å². The van der Waals surface area contributed by atoms with Crippen LogP contribution in [0.5, 0.6) is 0 Å². The molecule has 0 aromatic rings. The van der Waals surface area contributed by atoms with Crippen molar-refractivity contribution in [1.29, 1.82) is 0 Å². The standard InChI is InChI=1S/C7H15NO2/c1-9-2-3-10-6-7-4-8-5-7/h7-8H,2-6H2,1H3. The van der Waals surface area contributed by atoms with Gasteiger partial charge in [0.15, 0.2) is 0 Å². The van der Waals surface area contributed by atoms with E-state index in [2.05, 4.69) is 5.32 Å². The van der Waals surface area contributed by atoms with Crippen molar-refractivity contribution in [2.75, 3.05) is 40.0 Å². The molecule has 0 unspecified atom stereocenters. The molecule has 10 heavy (non-hydrogen) atoms. The van der Waals surface area contributed by atoms with E-state index in [0.717, 1.165) is 32.2 Å². The van der Waals surface area contributed by atoms with E-state index in [4.69, 9.17) is 9.47 Å². The number of ether oxygens (including phenoxy) is 2. The monoisotopic (exact) mass is 145 g/mol. The second-order valence-corrected chi connectivity index (χ2v) is 2.59. The maximum atomic E-state index is 5.31. The Labute approximate surface area is 61.7 Å². The average Bonchev–Trinajstić information content (AvgIpc) is 1.84. The molecular weight excluding hydrogens is 130 g/mol. The first-order chi connectivity index (χ1) is 4.93. The molecule has 0 amide bonds. The Bertz CT molecular complexity index is 83.7. The maximum Gasteiger partial charge on any atom is 0.0700 e. The Kier molecular flexibility index (Phi) is 3.72. The third-order valence-corrected chi connectivity index (χ3v) is 1.65. The van der Waals surface area contributed by atoms with Gasteiger partial charge >= 0.3 is 0 Å². The Balaban J connectivity index is 1.76. The highest BCUT2D eigenvalue weighted by atomic mass is 16.5. The zero-order valence-corrected chi connectivity index (χ0v) is 6.43. The molecule has 0 atom stereocenters. The topological polar surface area (TPSA) is 30.5 Å². The van der Waals surface area contributed by atoms with Crippen LogP contribution in [-0.4, -0.2) is 40.0 Å². The van der Waals surface area contributed by atoms with Crippen molar-refractivity contribution in [2.24, 2.45) is 5.92 Å². The lowest BCUT2D eigenvalue weighted by atomic mass is 10.1. The second kappa shape index (κ2) is 4.66. The highest BCUT2D eigenvalue weighted by molar-refractivity contribution is 4.73. The number of nitrogens with one attached hydrogen (secondary N) is 1. The van der Waals surface area contributed by atoms with Crippen LogP contribution in [0.2, 0.25) is 0 Å².